The van der Waals surface area contributed by atoms with Crippen LogP contribution in [0.3, 0.4) is 0 Å². The van der Waals surface area contributed by atoms with Crippen molar-refractivity contribution < 1.29 is 14.7 Å². The van der Waals surface area contributed by atoms with E-state index in [1.165, 1.54) is 0 Å². The van der Waals surface area contributed by atoms with Crippen LogP contribution < -0.4 is 5.32 Å². The maximum absolute atomic E-state index is 11.9. The highest BCUT2D eigenvalue weighted by Gasteiger charge is 2.51. The molecule has 1 aromatic carbocycles. The summed E-state index contributed by atoms with van der Waals surface area (Å²) in [4.78, 5) is 24.4. The van der Waals surface area contributed by atoms with Gasteiger partial charge in [-0.05, 0) is 18.1 Å². The van der Waals surface area contributed by atoms with Crippen LogP contribution in [-0.2, 0) is 4.79 Å². The Morgan fingerprint density at radius 3 is 2.79 bits per heavy atom. The zero-order chi connectivity index (χ0) is 13.6. The lowest BCUT2D eigenvalue weighted by Crippen LogP contribution is -2.32. The Bertz CT molecular complexity index is 548. The Kier molecular flexibility index (Phi) is 2.97. The van der Waals surface area contributed by atoms with Gasteiger partial charge >= 0.3 is 12.0 Å². The molecule has 1 heterocycles. The summed E-state index contributed by atoms with van der Waals surface area (Å²) in [7, 11) is 0. The fourth-order valence-electron chi connectivity index (χ4n) is 2.57. The average Bonchev–Trinajstić information content (AvgIpc) is 3.08. The monoisotopic (exact) mass is 324 g/mol. The molecule has 0 aromatic heterocycles. The fourth-order valence-corrected chi connectivity index (χ4v) is 3.13. The molecule has 0 radical (unpaired) electrons. The van der Waals surface area contributed by atoms with E-state index < -0.39 is 11.9 Å². The lowest BCUT2D eigenvalue weighted by molar-refractivity contribution is -0.138. The normalized spacial score (nSPS) is 29.2. The van der Waals surface area contributed by atoms with Crippen molar-refractivity contribution in [3.8, 4) is 0 Å². The van der Waals surface area contributed by atoms with Gasteiger partial charge < -0.3 is 15.3 Å². The zero-order valence-electron chi connectivity index (χ0n) is 10.0. The van der Waals surface area contributed by atoms with Crippen LogP contribution in [0.1, 0.15) is 18.0 Å². The number of hydrogen-bond acceptors (Lipinski definition) is 2. The molecule has 0 spiro atoms. The Balaban J connectivity index is 1.74. The number of carboxylic acids is 1. The third-order valence-corrected chi connectivity index (χ3v) is 4.41. The SMILES string of the molecule is O=C(O)C1CC1N1CC(c2ccccc2Br)NC1=O. The minimum Gasteiger partial charge on any atom is -0.481 e. The number of urea groups is 1. The molecule has 2 aliphatic rings. The first-order valence-corrected chi connectivity index (χ1v) is 6.91. The van der Waals surface area contributed by atoms with Crippen molar-refractivity contribution in [2.24, 2.45) is 5.92 Å². The van der Waals surface area contributed by atoms with Gasteiger partial charge in [-0.3, -0.25) is 4.79 Å². The van der Waals surface area contributed by atoms with Gasteiger partial charge in [0, 0.05) is 17.1 Å². The van der Waals surface area contributed by atoms with E-state index >= 15 is 0 Å². The van der Waals surface area contributed by atoms with E-state index in [4.69, 9.17) is 5.11 Å². The highest BCUT2D eigenvalue weighted by molar-refractivity contribution is 9.10. The molecule has 1 saturated carbocycles. The lowest BCUT2D eigenvalue weighted by Gasteiger charge is -2.14. The molecule has 1 aliphatic carbocycles. The molecule has 19 heavy (non-hydrogen) atoms. The third kappa shape index (κ3) is 2.20. The Morgan fingerprint density at radius 2 is 2.16 bits per heavy atom. The van der Waals surface area contributed by atoms with Crippen molar-refractivity contribution in [2.75, 3.05) is 6.54 Å². The second-order valence-corrected chi connectivity index (χ2v) is 5.78. The molecule has 1 aromatic rings. The van der Waals surface area contributed by atoms with Crippen molar-refractivity contribution in [2.45, 2.75) is 18.5 Å². The molecule has 2 amide bonds. The number of halogens is 1. The van der Waals surface area contributed by atoms with Crippen molar-refractivity contribution in [1.82, 2.24) is 10.2 Å². The lowest BCUT2D eigenvalue weighted by atomic mass is 10.1. The van der Waals surface area contributed by atoms with Gasteiger partial charge in [0.05, 0.1) is 12.0 Å². The van der Waals surface area contributed by atoms with E-state index in [1.807, 2.05) is 24.3 Å². The number of nitrogens with one attached hydrogen (secondary N) is 1. The molecule has 2 N–H and O–H groups in total. The molecule has 0 bridgehead atoms. The number of nitrogens with zero attached hydrogens (tertiary/aromatic N) is 1. The van der Waals surface area contributed by atoms with E-state index in [9.17, 15) is 9.59 Å². The van der Waals surface area contributed by atoms with Gasteiger partial charge in [-0.15, -0.1) is 0 Å². The van der Waals surface area contributed by atoms with Crippen molar-refractivity contribution in [3.05, 3.63) is 34.3 Å². The predicted molar refractivity (Wildman–Crippen MR) is 71.7 cm³/mol. The highest BCUT2D eigenvalue weighted by atomic mass is 79.9. The molecule has 100 valence electrons. The van der Waals surface area contributed by atoms with Crippen LogP contribution >= 0.6 is 15.9 Å². The number of carboxylic acid groups (broad SMARTS) is 1. The Morgan fingerprint density at radius 1 is 1.42 bits per heavy atom. The van der Waals surface area contributed by atoms with E-state index in [0.29, 0.717) is 13.0 Å². The molecule has 5 nitrogen and oxygen atoms in total. The largest absolute Gasteiger partial charge is 0.481 e. The van der Waals surface area contributed by atoms with Gasteiger partial charge in [0.2, 0.25) is 0 Å². The Hall–Kier alpha value is -1.56. The number of benzene rings is 1. The summed E-state index contributed by atoms with van der Waals surface area (Å²) in [5.41, 5.74) is 1.02. The zero-order valence-corrected chi connectivity index (χ0v) is 11.6. The highest BCUT2D eigenvalue weighted by Crippen LogP contribution is 2.39. The molecule has 6 heteroatoms. The van der Waals surface area contributed by atoms with Crippen LogP contribution in [0.25, 0.3) is 0 Å². The van der Waals surface area contributed by atoms with E-state index in [0.717, 1.165) is 10.0 Å². The maximum atomic E-state index is 11.9. The van der Waals surface area contributed by atoms with Crippen LogP contribution in [0.5, 0.6) is 0 Å². The summed E-state index contributed by atoms with van der Waals surface area (Å²) >= 11 is 3.47. The van der Waals surface area contributed by atoms with Crippen LogP contribution in [-0.4, -0.2) is 34.6 Å². The standard InChI is InChI=1S/C13H13BrN2O3/c14-9-4-2-1-3-7(9)10-6-16(13(19)15-10)11-5-8(11)12(17)18/h1-4,8,10-11H,5-6H2,(H,15,19)(H,17,18). The first-order chi connectivity index (χ1) is 9.08. The van der Waals surface area contributed by atoms with Gasteiger partial charge in [-0.1, -0.05) is 34.1 Å². The molecular weight excluding hydrogens is 312 g/mol. The Labute approximate surface area is 118 Å². The van der Waals surface area contributed by atoms with E-state index in [-0.39, 0.29) is 18.1 Å². The first-order valence-electron chi connectivity index (χ1n) is 6.12. The quantitative estimate of drug-likeness (QED) is 0.893. The van der Waals surface area contributed by atoms with Gasteiger partial charge in [-0.25, -0.2) is 4.79 Å². The van der Waals surface area contributed by atoms with Crippen molar-refractivity contribution in [3.63, 3.8) is 0 Å². The maximum Gasteiger partial charge on any atom is 0.318 e. The predicted octanol–water partition coefficient (Wildman–Crippen LogP) is 1.99. The van der Waals surface area contributed by atoms with Crippen LogP contribution in [0.2, 0.25) is 0 Å². The minimum absolute atomic E-state index is 0.0851. The van der Waals surface area contributed by atoms with Crippen LogP contribution in [0.4, 0.5) is 4.79 Å². The van der Waals surface area contributed by atoms with Crippen molar-refractivity contribution in [1.29, 1.82) is 0 Å². The number of amides is 2. The summed E-state index contributed by atoms with van der Waals surface area (Å²) in [6, 6.07) is 7.33. The molecule has 1 aliphatic heterocycles. The second kappa shape index (κ2) is 4.52. The van der Waals surface area contributed by atoms with Gasteiger partial charge in [0.15, 0.2) is 0 Å². The minimum atomic E-state index is -0.817. The third-order valence-electron chi connectivity index (χ3n) is 3.69. The van der Waals surface area contributed by atoms with Gasteiger partial charge in [-0.2, -0.15) is 0 Å². The molecule has 3 atom stereocenters. The summed E-state index contributed by atoms with van der Waals surface area (Å²) in [6.07, 6.45) is 0.561. The van der Waals surface area contributed by atoms with E-state index in [2.05, 4.69) is 21.2 Å². The first kappa shape index (κ1) is 12.5. The second-order valence-electron chi connectivity index (χ2n) is 4.92. The summed E-state index contributed by atoms with van der Waals surface area (Å²) < 4.78 is 0.952. The topological polar surface area (TPSA) is 69.6 Å². The number of carbonyl (C=O) groups is 2. The number of carbonyl (C=O) groups excluding carboxylic acids is 1. The number of hydrogen-bond donors (Lipinski definition) is 2. The fraction of sp³-hybridized carbons (Fsp3) is 0.385. The van der Waals surface area contributed by atoms with Crippen LogP contribution in [0, 0.1) is 5.92 Å². The van der Waals surface area contributed by atoms with Gasteiger partial charge in [0.1, 0.15) is 0 Å². The van der Waals surface area contributed by atoms with Crippen LogP contribution in [0.15, 0.2) is 28.7 Å². The molecule has 2 fully saturated rings. The molecule has 3 unspecified atom stereocenters. The number of aliphatic carboxylic acids is 1. The number of rotatable bonds is 3. The smallest absolute Gasteiger partial charge is 0.318 e. The van der Waals surface area contributed by atoms with E-state index in [1.54, 1.807) is 4.90 Å². The molecule has 3 rings (SSSR count). The summed E-state index contributed by atoms with van der Waals surface area (Å²) in [5.74, 6) is -1.22. The average molecular weight is 325 g/mol. The van der Waals surface area contributed by atoms with Gasteiger partial charge in [0.25, 0.3) is 0 Å². The van der Waals surface area contributed by atoms with Crippen molar-refractivity contribution >= 4 is 27.9 Å². The summed E-state index contributed by atoms with van der Waals surface area (Å²) in [6.45, 7) is 0.524. The summed E-state index contributed by atoms with van der Waals surface area (Å²) in [5, 5.41) is 11.8. The molecule has 1 saturated heterocycles. The molecular formula is C13H13BrN2O3.